The summed E-state index contributed by atoms with van der Waals surface area (Å²) in [6.07, 6.45) is 0. The molecule has 2 aromatic rings. The van der Waals surface area contributed by atoms with E-state index in [2.05, 4.69) is 5.16 Å². The SMILES string of the molecule is CN1C(=C2C(=O)ON=C2c2ccccc2)Sc2ccccc21. The molecule has 108 valence electrons. The topological polar surface area (TPSA) is 41.9 Å². The van der Waals surface area contributed by atoms with Gasteiger partial charge in [0.2, 0.25) is 0 Å². The Balaban J connectivity index is 1.84. The van der Waals surface area contributed by atoms with E-state index in [1.807, 2.05) is 66.5 Å². The maximum atomic E-state index is 12.2. The van der Waals surface area contributed by atoms with E-state index >= 15 is 0 Å². The lowest BCUT2D eigenvalue weighted by Gasteiger charge is -2.15. The number of hydrogen-bond acceptors (Lipinski definition) is 5. The lowest BCUT2D eigenvalue weighted by atomic mass is 10.0. The fourth-order valence-corrected chi connectivity index (χ4v) is 3.76. The van der Waals surface area contributed by atoms with E-state index in [0.717, 1.165) is 21.2 Å². The summed E-state index contributed by atoms with van der Waals surface area (Å²) in [4.78, 5) is 20.3. The molecule has 0 saturated heterocycles. The molecule has 4 nitrogen and oxygen atoms in total. The van der Waals surface area contributed by atoms with Gasteiger partial charge in [0, 0.05) is 17.5 Å². The molecule has 0 aromatic heterocycles. The number of fused-ring (bicyclic) bond motifs is 1. The Morgan fingerprint density at radius 2 is 1.77 bits per heavy atom. The molecule has 4 rings (SSSR count). The Morgan fingerprint density at radius 3 is 2.55 bits per heavy atom. The van der Waals surface area contributed by atoms with Gasteiger partial charge in [0.25, 0.3) is 0 Å². The molecule has 2 aromatic carbocycles. The number of oxime groups is 1. The quantitative estimate of drug-likeness (QED) is 0.598. The van der Waals surface area contributed by atoms with Gasteiger partial charge < -0.3 is 9.74 Å². The Labute approximate surface area is 132 Å². The molecule has 0 amide bonds. The monoisotopic (exact) mass is 308 g/mol. The molecule has 2 aliphatic rings. The second-order valence-corrected chi connectivity index (χ2v) is 6.02. The van der Waals surface area contributed by atoms with Crippen LogP contribution in [-0.2, 0) is 9.63 Å². The van der Waals surface area contributed by atoms with Crippen LogP contribution in [0.1, 0.15) is 5.56 Å². The van der Waals surface area contributed by atoms with Crippen LogP contribution in [0.4, 0.5) is 5.69 Å². The molecular formula is C17H12N2O2S. The molecule has 2 aliphatic heterocycles. The zero-order chi connectivity index (χ0) is 15.1. The number of para-hydroxylation sites is 1. The molecule has 22 heavy (non-hydrogen) atoms. The summed E-state index contributed by atoms with van der Waals surface area (Å²) in [7, 11) is 1.95. The van der Waals surface area contributed by atoms with Gasteiger partial charge in [0.1, 0.15) is 11.3 Å². The van der Waals surface area contributed by atoms with E-state index in [1.165, 1.54) is 0 Å². The molecule has 0 aliphatic carbocycles. The van der Waals surface area contributed by atoms with Crippen molar-refractivity contribution >= 4 is 29.1 Å². The number of nitrogens with zero attached hydrogens (tertiary/aromatic N) is 2. The van der Waals surface area contributed by atoms with Crippen molar-refractivity contribution in [2.45, 2.75) is 4.90 Å². The second kappa shape index (κ2) is 5.03. The second-order valence-electron chi connectivity index (χ2n) is 4.99. The number of rotatable bonds is 1. The van der Waals surface area contributed by atoms with Crippen LogP contribution in [0.2, 0.25) is 0 Å². The third-order valence-electron chi connectivity index (χ3n) is 3.66. The summed E-state index contributed by atoms with van der Waals surface area (Å²) in [5.74, 6) is -0.402. The van der Waals surface area contributed by atoms with Gasteiger partial charge in [-0.25, -0.2) is 4.79 Å². The highest BCUT2D eigenvalue weighted by molar-refractivity contribution is 8.03. The van der Waals surface area contributed by atoms with Crippen molar-refractivity contribution in [1.29, 1.82) is 0 Å². The number of carbonyl (C=O) groups excluding carboxylic acids is 1. The Kier molecular flexibility index (Phi) is 3.01. The van der Waals surface area contributed by atoms with E-state index < -0.39 is 5.97 Å². The van der Waals surface area contributed by atoms with Crippen molar-refractivity contribution in [2.75, 3.05) is 11.9 Å². The van der Waals surface area contributed by atoms with Gasteiger partial charge >= 0.3 is 5.97 Å². The molecule has 0 atom stereocenters. The van der Waals surface area contributed by atoms with Crippen molar-refractivity contribution in [3.63, 3.8) is 0 Å². The standard InChI is InChI=1S/C17H12N2O2S/c1-19-12-9-5-6-10-13(12)22-16(19)14-15(18-21-17(14)20)11-7-3-2-4-8-11/h2-10H,1H3. The largest absolute Gasteiger partial charge is 0.370 e. The fraction of sp³-hybridized carbons (Fsp3) is 0.0588. The van der Waals surface area contributed by atoms with E-state index in [0.29, 0.717) is 11.3 Å². The van der Waals surface area contributed by atoms with Crippen molar-refractivity contribution in [1.82, 2.24) is 0 Å². The van der Waals surface area contributed by atoms with E-state index in [9.17, 15) is 4.79 Å². The highest BCUT2D eigenvalue weighted by Crippen LogP contribution is 2.47. The summed E-state index contributed by atoms with van der Waals surface area (Å²) >= 11 is 1.57. The zero-order valence-electron chi connectivity index (χ0n) is 11.8. The third-order valence-corrected chi connectivity index (χ3v) is 4.90. The fourth-order valence-electron chi connectivity index (χ4n) is 2.58. The van der Waals surface area contributed by atoms with Gasteiger partial charge in [-0.1, -0.05) is 59.4 Å². The molecule has 0 saturated carbocycles. The normalized spacial score (nSPS) is 20.0. The van der Waals surface area contributed by atoms with Crippen LogP contribution < -0.4 is 4.90 Å². The first-order valence-corrected chi connectivity index (χ1v) is 7.67. The summed E-state index contributed by atoms with van der Waals surface area (Å²) in [5, 5.41) is 4.83. The smallest absolute Gasteiger partial charge is 0.337 e. The Morgan fingerprint density at radius 1 is 1.05 bits per heavy atom. The average molecular weight is 308 g/mol. The number of anilines is 1. The summed E-state index contributed by atoms with van der Waals surface area (Å²) in [6, 6.07) is 17.7. The maximum Gasteiger partial charge on any atom is 0.370 e. The van der Waals surface area contributed by atoms with Crippen LogP contribution in [0.3, 0.4) is 0 Å². The maximum absolute atomic E-state index is 12.2. The van der Waals surface area contributed by atoms with Gasteiger partial charge in [0.15, 0.2) is 0 Å². The highest BCUT2D eigenvalue weighted by atomic mass is 32.2. The van der Waals surface area contributed by atoms with E-state index in [1.54, 1.807) is 11.8 Å². The van der Waals surface area contributed by atoms with Crippen LogP contribution in [0.15, 0.2) is 75.3 Å². The number of benzene rings is 2. The summed E-state index contributed by atoms with van der Waals surface area (Å²) < 4.78 is 0. The minimum Gasteiger partial charge on any atom is -0.337 e. The predicted molar refractivity (Wildman–Crippen MR) is 86.8 cm³/mol. The Hall–Kier alpha value is -2.53. The molecule has 0 spiro atoms. The first-order chi connectivity index (χ1) is 10.8. The van der Waals surface area contributed by atoms with Crippen LogP contribution in [-0.4, -0.2) is 18.7 Å². The summed E-state index contributed by atoms with van der Waals surface area (Å²) in [5.41, 5.74) is 3.07. The lowest BCUT2D eigenvalue weighted by Crippen LogP contribution is -2.18. The van der Waals surface area contributed by atoms with Gasteiger partial charge in [-0.2, -0.15) is 0 Å². The minimum atomic E-state index is -0.402. The molecule has 0 bridgehead atoms. The molecule has 5 heteroatoms. The van der Waals surface area contributed by atoms with E-state index in [4.69, 9.17) is 4.84 Å². The minimum absolute atomic E-state index is 0.402. The predicted octanol–water partition coefficient (Wildman–Crippen LogP) is 3.40. The number of thioether (sulfide) groups is 1. The van der Waals surface area contributed by atoms with Gasteiger partial charge in [0.05, 0.1) is 10.7 Å². The van der Waals surface area contributed by atoms with Crippen molar-refractivity contribution in [2.24, 2.45) is 5.16 Å². The zero-order valence-corrected chi connectivity index (χ0v) is 12.6. The lowest BCUT2D eigenvalue weighted by molar-refractivity contribution is -0.136. The number of carbonyl (C=O) groups is 1. The summed E-state index contributed by atoms with van der Waals surface area (Å²) in [6.45, 7) is 0. The van der Waals surface area contributed by atoms with Gasteiger partial charge in [-0.05, 0) is 12.1 Å². The van der Waals surface area contributed by atoms with Crippen molar-refractivity contribution < 1.29 is 9.63 Å². The van der Waals surface area contributed by atoms with Crippen LogP contribution >= 0.6 is 11.8 Å². The van der Waals surface area contributed by atoms with Crippen molar-refractivity contribution in [3.05, 3.63) is 70.8 Å². The van der Waals surface area contributed by atoms with E-state index in [-0.39, 0.29) is 0 Å². The highest BCUT2D eigenvalue weighted by Gasteiger charge is 2.35. The molecule has 0 unspecified atom stereocenters. The molecule has 0 fully saturated rings. The third kappa shape index (κ3) is 1.94. The van der Waals surface area contributed by atoms with Gasteiger partial charge in [-0.3, -0.25) is 0 Å². The van der Waals surface area contributed by atoms with Crippen LogP contribution in [0, 0.1) is 0 Å². The van der Waals surface area contributed by atoms with Gasteiger partial charge in [-0.15, -0.1) is 0 Å². The number of hydrogen-bond donors (Lipinski definition) is 0. The average Bonchev–Trinajstić information content (AvgIpc) is 3.09. The molecule has 0 N–H and O–H groups in total. The first-order valence-electron chi connectivity index (χ1n) is 6.86. The van der Waals surface area contributed by atoms with Crippen LogP contribution in [0.5, 0.6) is 0 Å². The molecular weight excluding hydrogens is 296 g/mol. The molecule has 2 heterocycles. The molecule has 0 radical (unpaired) electrons. The van der Waals surface area contributed by atoms with Crippen molar-refractivity contribution in [3.8, 4) is 0 Å². The Bertz CT molecular complexity index is 828. The first kappa shape index (κ1) is 13.2. The van der Waals surface area contributed by atoms with Crippen LogP contribution in [0.25, 0.3) is 0 Å².